The van der Waals surface area contributed by atoms with Crippen LogP contribution < -0.4 is 19.1 Å². The van der Waals surface area contributed by atoms with Gasteiger partial charge in [0.15, 0.2) is 0 Å². The molecule has 196 valence electrons. The number of piperazine rings is 2. The van der Waals surface area contributed by atoms with E-state index in [1.54, 1.807) is 26.2 Å². The molecule has 2 heterocycles. The molecule has 2 aromatic carbocycles. The van der Waals surface area contributed by atoms with Gasteiger partial charge in [-0.05, 0) is 17.7 Å². The van der Waals surface area contributed by atoms with Gasteiger partial charge in [-0.1, -0.05) is 12.1 Å². The van der Waals surface area contributed by atoms with Crippen molar-refractivity contribution in [1.82, 2.24) is 14.7 Å². The molecule has 9 nitrogen and oxygen atoms in total. The minimum absolute atomic E-state index is 0.227. The molecule has 0 aromatic heterocycles. The second kappa shape index (κ2) is 12.7. The lowest BCUT2D eigenvalue weighted by atomic mass is 10.2. The number of hydrogen-bond donors (Lipinski definition) is 0. The van der Waals surface area contributed by atoms with E-state index in [0.717, 1.165) is 75.3 Å². The Labute approximate surface area is 214 Å². The smallest absolute Gasteiger partial charge is 0.409 e. The number of methoxy groups -OCH3 is 3. The summed E-state index contributed by atoms with van der Waals surface area (Å²) in [7, 11) is 4.99. The molecule has 0 aliphatic carbocycles. The fraction of sp³-hybridized carbons (Fsp3) is 0.519. The highest BCUT2D eigenvalue weighted by atomic mass is 16.6. The summed E-state index contributed by atoms with van der Waals surface area (Å²) >= 11 is 0. The molecule has 2 aliphatic heterocycles. The molecule has 0 radical (unpaired) electrons. The van der Waals surface area contributed by atoms with Crippen LogP contribution in [0.5, 0.6) is 17.2 Å². The first-order valence-corrected chi connectivity index (χ1v) is 12.6. The lowest BCUT2D eigenvalue weighted by Gasteiger charge is -2.36. The van der Waals surface area contributed by atoms with Crippen LogP contribution in [-0.2, 0) is 11.3 Å². The molecule has 0 atom stereocenters. The van der Waals surface area contributed by atoms with Crippen molar-refractivity contribution in [2.24, 2.45) is 0 Å². The van der Waals surface area contributed by atoms with Gasteiger partial charge in [-0.25, -0.2) is 4.79 Å². The Balaban J connectivity index is 1.14. The predicted molar refractivity (Wildman–Crippen MR) is 139 cm³/mol. The van der Waals surface area contributed by atoms with Gasteiger partial charge in [0.05, 0.1) is 21.3 Å². The van der Waals surface area contributed by atoms with Crippen LogP contribution in [-0.4, -0.2) is 108 Å². The van der Waals surface area contributed by atoms with Crippen LogP contribution in [0.2, 0.25) is 0 Å². The summed E-state index contributed by atoms with van der Waals surface area (Å²) in [5.41, 5.74) is 2.30. The minimum Gasteiger partial charge on any atom is -0.497 e. The van der Waals surface area contributed by atoms with Crippen LogP contribution >= 0.6 is 0 Å². The summed E-state index contributed by atoms with van der Waals surface area (Å²) < 4.78 is 21.7. The van der Waals surface area contributed by atoms with Gasteiger partial charge in [-0.15, -0.1) is 0 Å². The zero-order valence-corrected chi connectivity index (χ0v) is 21.6. The van der Waals surface area contributed by atoms with E-state index in [1.807, 2.05) is 30.3 Å². The maximum atomic E-state index is 12.6. The van der Waals surface area contributed by atoms with Crippen molar-refractivity contribution in [3.8, 4) is 17.2 Å². The summed E-state index contributed by atoms with van der Waals surface area (Å²) in [6.45, 7) is 8.79. The first-order chi connectivity index (χ1) is 17.6. The van der Waals surface area contributed by atoms with Gasteiger partial charge in [0.25, 0.3) is 0 Å². The zero-order valence-electron chi connectivity index (χ0n) is 21.6. The third-order valence-electron chi connectivity index (χ3n) is 6.88. The summed E-state index contributed by atoms with van der Waals surface area (Å²) in [6, 6.07) is 14.1. The van der Waals surface area contributed by atoms with E-state index in [1.165, 1.54) is 5.56 Å². The molecule has 9 heteroatoms. The van der Waals surface area contributed by atoms with E-state index in [2.05, 4.69) is 26.8 Å². The first-order valence-electron chi connectivity index (χ1n) is 12.6. The van der Waals surface area contributed by atoms with Crippen molar-refractivity contribution in [1.29, 1.82) is 0 Å². The second-order valence-electron chi connectivity index (χ2n) is 9.13. The van der Waals surface area contributed by atoms with Crippen LogP contribution in [0.25, 0.3) is 0 Å². The molecule has 2 fully saturated rings. The molecular formula is C27H38N4O5. The largest absolute Gasteiger partial charge is 0.497 e. The van der Waals surface area contributed by atoms with Gasteiger partial charge < -0.3 is 28.7 Å². The Hall–Kier alpha value is -3.17. The van der Waals surface area contributed by atoms with Gasteiger partial charge >= 0.3 is 6.09 Å². The Bertz CT molecular complexity index is 966. The fourth-order valence-corrected chi connectivity index (χ4v) is 4.68. The van der Waals surface area contributed by atoms with E-state index >= 15 is 0 Å². The third-order valence-corrected chi connectivity index (χ3v) is 6.88. The number of carbonyl (C=O) groups excluding carboxylic acids is 1. The Morgan fingerprint density at radius 1 is 0.750 bits per heavy atom. The van der Waals surface area contributed by atoms with E-state index in [4.69, 9.17) is 18.9 Å². The zero-order chi connectivity index (χ0) is 25.3. The van der Waals surface area contributed by atoms with E-state index in [-0.39, 0.29) is 6.09 Å². The Morgan fingerprint density at radius 2 is 1.39 bits per heavy atom. The predicted octanol–water partition coefficient (Wildman–Crippen LogP) is 2.79. The van der Waals surface area contributed by atoms with Crippen molar-refractivity contribution in [2.45, 2.75) is 6.54 Å². The minimum atomic E-state index is -0.227. The quantitative estimate of drug-likeness (QED) is 0.523. The number of rotatable bonds is 9. The molecule has 36 heavy (non-hydrogen) atoms. The van der Waals surface area contributed by atoms with Crippen LogP contribution in [0.1, 0.15) is 5.56 Å². The van der Waals surface area contributed by atoms with Crippen LogP contribution in [0.4, 0.5) is 10.5 Å². The summed E-state index contributed by atoms with van der Waals surface area (Å²) in [6.07, 6.45) is -0.227. The van der Waals surface area contributed by atoms with Crippen LogP contribution in [0, 0.1) is 0 Å². The van der Waals surface area contributed by atoms with Crippen molar-refractivity contribution in [3.63, 3.8) is 0 Å². The number of anilines is 1. The molecule has 2 aliphatic rings. The van der Waals surface area contributed by atoms with E-state index < -0.39 is 0 Å². The van der Waals surface area contributed by atoms with Gasteiger partial charge in [-0.3, -0.25) is 9.80 Å². The summed E-state index contributed by atoms with van der Waals surface area (Å²) in [5.74, 6) is 2.41. The number of ether oxygens (including phenoxy) is 4. The lowest BCUT2D eigenvalue weighted by Crippen LogP contribution is -2.50. The monoisotopic (exact) mass is 498 g/mol. The van der Waals surface area contributed by atoms with E-state index in [9.17, 15) is 4.79 Å². The molecule has 0 spiro atoms. The van der Waals surface area contributed by atoms with E-state index in [0.29, 0.717) is 19.7 Å². The molecule has 2 saturated heterocycles. The number of amides is 1. The standard InChI is InChI=1S/C27H38N4O5/c1-33-24-6-4-5-22(17-24)21-29-9-7-28(8-10-29)15-16-36-27(32)31-13-11-30(12-14-31)23-18-25(34-2)20-26(19-23)35-3/h4-6,17-20H,7-16,21H2,1-3H3. The van der Waals surface area contributed by atoms with Gasteiger partial charge in [-0.2, -0.15) is 0 Å². The molecule has 0 saturated carbocycles. The number of hydrogen-bond acceptors (Lipinski definition) is 8. The normalized spacial score (nSPS) is 17.1. The highest BCUT2D eigenvalue weighted by Gasteiger charge is 2.24. The molecule has 2 aromatic rings. The van der Waals surface area contributed by atoms with Gasteiger partial charge in [0.2, 0.25) is 0 Å². The number of nitrogens with zero attached hydrogens (tertiary/aromatic N) is 4. The summed E-state index contributed by atoms with van der Waals surface area (Å²) in [5, 5.41) is 0. The van der Waals surface area contributed by atoms with Crippen LogP contribution in [0.15, 0.2) is 42.5 Å². The maximum Gasteiger partial charge on any atom is 0.409 e. The Morgan fingerprint density at radius 3 is 2.03 bits per heavy atom. The summed E-state index contributed by atoms with van der Waals surface area (Å²) in [4.78, 5) is 21.4. The molecule has 0 unspecified atom stereocenters. The fourth-order valence-electron chi connectivity index (χ4n) is 4.68. The topological polar surface area (TPSA) is 67.0 Å². The Kier molecular flexibility index (Phi) is 9.13. The average Bonchev–Trinajstić information content (AvgIpc) is 2.93. The highest BCUT2D eigenvalue weighted by molar-refractivity contribution is 5.68. The third kappa shape index (κ3) is 6.95. The highest BCUT2D eigenvalue weighted by Crippen LogP contribution is 2.29. The molecule has 1 amide bonds. The van der Waals surface area contributed by atoms with Crippen molar-refractivity contribution in [3.05, 3.63) is 48.0 Å². The second-order valence-corrected chi connectivity index (χ2v) is 9.13. The SMILES string of the molecule is COc1cccc(CN2CCN(CCOC(=O)N3CCN(c4cc(OC)cc(OC)c4)CC3)CC2)c1. The van der Waals surface area contributed by atoms with Gasteiger partial charge in [0, 0.05) is 89.3 Å². The molecular weight excluding hydrogens is 460 g/mol. The van der Waals surface area contributed by atoms with Crippen molar-refractivity contribution >= 4 is 11.8 Å². The first kappa shape index (κ1) is 25.9. The number of benzene rings is 2. The molecule has 4 rings (SSSR count). The van der Waals surface area contributed by atoms with Crippen molar-refractivity contribution < 1.29 is 23.7 Å². The van der Waals surface area contributed by atoms with Crippen LogP contribution in [0.3, 0.4) is 0 Å². The maximum absolute atomic E-state index is 12.6. The van der Waals surface area contributed by atoms with Crippen molar-refractivity contribution in [2.75, 3.05) is 91.7 Å². The molecule has 0 bridgehead atoms. The average molecular weight is 499 g/mol. The lowest BCUT2D eigenvalue weighted by molar-refractivity contribution is 0.0726. The number of carbonyl (C=O) groups is 1. The van der Waals surface area contributed by atoms with Gasteiger partial charge in [0.1, 0.15) is 23.9 Å². The molecule has 0 N–H and O–H groups in total.